The van der Waals surface area contributed by atoms with Gasteiger partial charge >= 0.3 is 0 Å². The number of hydrogen-bond acceptors (Lipinski definition) is 3. The van der Waals surface area contributed by atoms with Crippen molar-refractivity contribution in [2.24, 2.45) is 0 Å². The van der Waals surface area contributed by atoms with Crippen LogP contribution in [0.25, 0.3) is 6.20 Å². The molecule has 1 unspecified atom stereocenters. The Balaban J connectivity index is 1.93. The average molecular weight is 245 g/mol. The van der Waals surface area contributed by atoms with Gasteiger partial charge in [0.15, 0.2) is 0 Å². The Kier molecular flexibility index (Phi) is 2.48. The Morgan fingerprint density at radius 2 is 2.17 bits per heavy atom. The topological polar surface area (TPSA) is 43.2 Å². The lowest BCUT2D eigenvalue weighted by molar-refractivity contribution is 0.344. The van der Waals surface area contributed by atoms with Gasteiger partial charge in [-0.25, -0.2) is 14.1 Å². The molecule has 2 aromatic rings. The highest BCUT2D eigenvalue weighted by atomic mass is 19.1. The summed E-state index contributed by atoms with van der Waals surface area (Å²) in [5.74, 6) is -0.243. The summed E-state index contributed by atoms with van der Waals surface area (Å²) in [5.41, 5.74) is 1.54. The van der Waals surface area contributed by atoms with Crippen LogP contribution in [0.15, 0.2) is 42.5 Å². The van der Waals surface area contributed by atoms with Gasteiger partial charge in [0, 0.05) is 6.20 Å². The normalized spacial score (nSPS) is 23.1. The van der Waals surface area contributed by atoms with Crippen LogP contribution in [0.2, 0.25) is 0 Å². The fraction of sp³-hybridized carbons (Fsp3) is 0.231. The molecule has 0 amide bonds. The predicted octanol–water partition coefficient (Wildman–Crippen LogP) is 2.20. The van der Waals surface area contributed by atoms with Crippen LogP contribution in [0.3, 0.4) is 0 Å². The SMILES string of the molecule is CC(=Cn1cncn1)C1(c2ccc(F)cc2)CO1. The van der Waals surface area contributed by atoms with Crippen molar-refractivity contribution in [3.05, 3.63) is 53.9 Å². The molecule has 18 heavy (non-hydrogen) atoms. The van der Waals surface area contributed by atoms with Gasteiger partial charge in [0.25, 0.3) is 0 Å². The Morgan fingerprint density at radius 1 is 1.44 bits per heavy atom. The van der Waals surface area contributed by atoms with Crippen molar-refractivity contribution in [1.29, 1.82) is 0 Å². The van der Waals surface area contributed by atoms with Crippen molar-refractivity contribution in [3.8, 4) is 0 Å². The van der Waals surface area contributed by atoms with Crippen molar-refractivity contribution in [2.75, 3.05) is 6.61 Å². The molecule has 0 spiro atoms. The number of rotatable bonds is 3. The van der Waals surface area contributed by atoms with Gasteiger partial charge in [-0.15, -0.1) is 0 Å². The van der Waals surface area contributed by atoms with E-state index in [1.807, 2.05) is 13.1 Å². The van der Waals surface area contributed by atoms with E-state index < -0.39 is 5.60 Å². The number of benzene rings is 1. The molecule has 5 heteroatoms. The maximum Gasteiger partial charge on any atom is 0.139 e. The molecule has 0 N–H and O–H groups in total. The smallest absolute Gasteiger partial charge is 0.139 e. The summed E-state index contributed by atoms with van der Waals surface area (Å²) in [6.45, 7) is 2.58. The van der Waals surface area contributed by atoms with Crippen LogP contribution in [-0.4, -0.2) is 21.4 Å². The highest BCUT2D eigenvalue weighted by molar-refractivity contribution is 5.44. The summed E-state index contributed by atoms with van der Waals surface area (Å²) >= 11 is 0. The first kappa shape index (κ1) is 11.1. The lowest BCUT2D eigenvalue weighted by Crippen LogP contribution is -2.11. The van der Waals surface area contributed by atoms with E-state index in [0.717, 1.165) is 11.1 Å². The second kappa shape index (κ2) is 4.03. The summed E-state index contributed by atoms with van der Waals surface area (Å²) in [6.07, 6.45) is 4.95. The minimum Gasteiger partial charge on any atom is -0.360 e. The van der Waals surface area contributed by atoms with E-state index in [4.69, 9.17) is 4.74 Å². The minimum absolute atomic E-state index is 0.243. The van der Waals surface area contributed by atoms with E-state index in [0.29, 0.717) is 6.61 Å². The molecule has 3 rings (SSSR count). The molecule has 1 aliphatic rings. The Bertz CT molecular complexity index is 571. The molecule has 1 aromatic carbocycles. The molecular formula is C13H12FN3O. The summed E-state index contributed by atoms with van der Waals surface area (Å²) in [7, 11) is 0. The molecule has 92 valence electrons. The van der Waals surface area contributed by atoms with Gasteiger partial charge in [-0.05, 0) is 30.2 Å². The van der Waals surface area contributed by atoms with E-state index in [1.165, 1.54) is 18.5 Å². The zero-order valence-electron chi connectivity index (χ0n) is 9.88. The molecular weight excluding hydrogens is 233 g/mol. The molecule has 1 saturated heterocycles. The maximum atomic E-state index is 12.9. The molecule has 0 bridgehead atoms. The number of hydrogen-bond donors (Lipinski definition) is 0. The Labute approximate surface area is 104 Å². The summed E-state index contributed by atoms with van der Waals surface area (Å²) in [6, 6.07) is 6.39. The van der Waals surface area contributed by atoms with Crippen LogP contribution in [0, 0.1) is 5.82 Å². The second-order valence-electron chi connectivity index (χ2n) is 4.31. The summed E-state index contributed by atoms with van der Waals surface area (Å²) in [4.78, 5) is 3.88. The van der Waals surface area contributed by atoms with E-state index in [2.05, 4.69) is 10.1 Å². The quantitative estimate of drug-likeness (QED) is 0.778. The van der Waals surface area contributed by atoms with Crippen LogP contribution in [0.4, 0.5) is 4.39 Å². The van der Waals surface area contributed by atoms with Crippen molar-refractivity contribution in [1.82, 2.24) is 14.8 Å². The van der Waals surface area contributed by atoms with E-state index >= 15 is 0 Å². The number of halogens is 1. The Morgan fingerprint density at radius 3 is 2.72 bits per heavy atom. The number of epoxide rings is 1. The van der Waals surface area contributed by atoms with Gasteiger partial charge < -0.3 is 4.74 Å². The number of ether oxygens (including phenoxy) is 1. The van der Waals surface area contributed by atoms with E-state index in [-0.39, 0.29) is 5.82 Å². The molecule has 2 heterocycles. The van der Waals surface area contributed by atoms with Crippen LogP contribution in [0.1, 0.15) is 12.5 Å². The largest absolute Gasteiger partial charge is 0.360 e. The van der Waals surface area contributed by atoms with Gasteiger partial charge in [0.2, 0.25) is 0 Å². The van der Waals surface area contributed by atoms with E-state index in [9.17, 15) is 4.39 Å². The van der Waals surface area contributed by atoms with Crippen molar-refractivity contribution in [3.63, 3.8) is 0 Å². The molecule has 1 aliphatic heterocycles. The molecule has 4 nitrogen and oxygen atoms in total. The monoisotopic (exact) mass is 245 g/mol. The van der Waals surface area contributed by atoms with Gasteiger partial charge in [0.1, 0.15) is 24.1 Å². The fourth-order valence-electron chi connectivity index (χ4n) is 2.00. The maximum absolute atomic E-state index is 12.9. The van der Waals surface area contributed by atoms with Crippen LogP contribution in [0.5, 0.6) is 0 Å². The third-order valence-corrected chi connectivity index (χ3v) is 3.14. The molecule has 0 aliphatic carbocycles. The van der Waals surface area contributed by atoms with Gasteiger partial charge in [0.05, 0.1) is 6.61 Å². The average Bonchev–Trinajstić information content (AvgIpc) is 3.03. The zero-order chi connectivity index (χ0) is 12.6. The van der Waals surface area contributed by atoms with Gasteiger partial charge in [-0.2, -0.15) is 5.10 Å². The highest BCUT2D eigenvalue weighted by Gasteiger charge is 2.48. The predicted molar refractivity (Wildman–Crippen MR) is 64.0 cm³/mol. The van der Waals surface area contributed by atoms with E-state index in [1.54, 1.807) is 23.1 Å². The number of aromatic nitrogens is 3. The molecule has 0 saturated carbocycles. The second-order valence-corrected chi connectivity index (χ2v) is 4.31. The first-order valence-corrected chi connectivity index (χ1v) is 5.64. The third-order valence-electron chi connectivity index (χ3n) is 3.14. The first-order valence-electron chi connectivity index (χ1n) is 5.64. The molecule has 1 aromatic heterocycles. The van der Waals surface area contributed by atoms with Crippen LogP contribution >= 0.6 is 0 Å². The summed E-state index contributed by atoms with van der Waals surface area (Å²) < 4.78 is 20.1. The van der Waals surface area contributed by atoms with Crippen molar-refractivity contribution >= 4 is 6.20 Å². The first-order chi connectivity index (χ1) is 8.71. The summed E-state index contributed by atoms with van der Waals surface area (Å²) in [5, 5.41) is 4.02. The minimum atomic E-state index is -0.431. The molecule has 1 atom stereocenters. The molecule has 0 radical (unpaired) electrons. The zero-order valence-corrected chi connectivity index (χ0v) is 9.88. The lowest BCUT2D eigenvalue weighted by Gasteiger charge is -2.13. The fourth-order valence-corrected chi connectivity index (χ4v) is 2.00. The van der Waals surface area contributed by atoms with Gasteiger partial charge in [-0.3, -0.25) is 0 Å². The van der Waals surface area contributed by atoms with Gasteiger partial charge in [-0.1, -0.05) is 12.1 Å². The lowest BCUT2D eigenvalue weighted by atomic mass is 9.93. The molecule has 1 fully saturated rings. The highest BCUT2D eigenvalue weighted by Crippen LogP contribution is 2.45. The third kappa shape index (κ3) is 1.82. The van der Waals surface area contributed by atoms with Crippen molar-refractivity contribution < 1.29 is 9.13 Å². The number of nitrogens with zero attached hydrogens (tertiary/aromatic N) is 3. The van der Waals surface area contributed by atoms with Crippen LogP contribution in [-0.2, 0) is 10.3 Å². The standard InChI is InChI=1S/C13H12FN3O/c1-10(6-17-9-15-8-16-17)13(7-18-13)11-2-4-12(14)5-3-11/h2-6,8-9H,7H2,1H3. The van der Waals surface area contributed by atoms with Crippen molar-refractivity contribution in [2.45, 2.75) is 12.5 Å². The van der Waals surface area contributed by atoms with Crippen LogP contribution < -0.4 is 0 Å². The Hall–Kier alpha value is -2.01.